The van der Waals surface area contributed by atoms with Crippen molar-refractivity contribution in [1.82, 2.24) is 0 Å². The van der Waals surface area contributed by atoms with Gasteiger partial charge in [-0.2, -0.15) is 0 Å². The van der Waals surface area contributed by atoms with E-state index in [4.69, 9.17) is 0 Å². The van der Waals surface area contributed by atoms with Gasteiger partial charge in [-0.15, -0.1) is 0 Å². The molecule has 0 unspecified atom stereocenters. The molecule has 0 aliphatic carbocycles. The first kappa shape index (κ1) is 17.6. The van der Waals surface area contributed by atoms with Crippen LogP contribution in [-0.2, 0) is 71.6 Å². The number of hydrazone groups is 2. The normalized spacial score (nSPS) is 5.82. The van der Waals surface area contributed by atoms with Gasteiger partial charge in [0, 0.05) is 0 Å². The molecular weight excluding hydrogens is 403 g/mol. The van der Waals surface area contributed by atoms with Gasteiger partial charge >= 0.3 is 21.1 Å². The second-order valence-corrected chi connectivity index (χ2v) is 2.85. The molecule has 0 heterocycles. The number of nitrogens with zero attached hydrogens (tertiary/aromatic N) is 2. The molecule has 0 saturated carbocycles. The Bertz CT molecular complexity index is 112. The molecule has 0 amide bonds. The zero-order chi connectivity index (χ0) is 8.57. The summed E-state index contributed by atoms with van der Waals surface area (Å²) in [7, 11) is 0. The minimum atomic E-state index is 0. The molecule has 9 heteroatoms. The quantitative estimate of drug-likeness (QED) is 0.170. The Balaban J connectivity index is -0.000000107. The Kier molecular flexibility index (Phi) is 20.9. The van der Waals surface area contributed by atoms with E-state index in [2.05, 4.69) is 72.4 Å². The molecule has 0 aliphatic rings. The Hall–Kier alpha value is 0.508. The van der Waals surface area contributed by atoms with E-state index in [0.717, 1.165) is 0 Å². The van der Waals surface area contributed by atoms with Crippen molar-refractivity contribution in [2.75, 3.05) is 0 Å². The van der Waals surface area contributed by atoms with Crippen LogP contribution in [0.2, 0.25) is 0 Å². The molecule has 0 aromatic heterocycles. The van der Waals surface area contributed by atoms with E-state index in [-0.39, 0.29) is 29.8 Å². The maximum absolute atomic E-state index is 4.55. The molecule has 0 saturated heterocycles. The molecule has 0 aromatic carbocycles. The van der Waals surface area contributed by atoms with Gasteiger partial charge in [-0.25, -0.2) is 19.0 Å². The van der Waals surface area contributed by atoms with E-state index in [1.54, 1.807) is 0 Å². The van der Waals surface area contributed by atoms with Crippen molar-refractivity contribution in [3.63, 3.8) is 0 Å². The Labute approximate surface area is 102 Å². The largest absolute Gasteiger partial charge is 4.00 e. The summed E-state index contributed by atoms with van der Waals surface area (Å²) >= 11 is 16.9. The SMILES string of the molecule is NN=C([S-])[S-].NN=C([S-])[S-].[Pt+4]. The van der Waals surface area contributed by atoms with Crippen LogP contribution in [0.15, 0.2) is 10.2 Å². The molecule has 66 valence electrons. The van der Waals surface area contributed by atoms with E-state index >= 15 is 0 Å². The first-order valence-electron chi connectivity index (χ1n) is 1.78. The van der Waals surface area contributed by atoms with Crippen molar-refractivity contribution in [3.8, 4) is 0 Å². The van der Waals surface area contributed by atoms with Gasteiger partial charge in [0.25, 0.3) is 0 Å². The molecule has 0 aliphatic heterocycles. The molecule has 0 fully saturated rings. The number of hydrogen-bond donors (Lipinski definition) is 2. The van der Waals surface area contributed by atoms with Crippen molar-refractivity contribution in [3.05, 3.63) is 0 Å². The molecule has 0 bridgehead atoms. The van der Waals surface area contributed by atoms with E-state index in [1.165, 1.54) is 0 Å². The topological polar surface area (TPSA) is 76.8 Å². The van der Waals surface area contributed by atoms with E-state index in [1.807, 2.05) is 0 Å². The fraction of sp³-hybridized carbons (Fsp3) is 0. The van der Waals surface area contributed by atoms with Crippen LogP contribution in [0.4, 0.5) is 0 Å². The molecule has 4 N–H and O–H groups in total. The van der Waals surface area contributed by atoms with Gasteiger partial charge in [-0.05, 0) is 0 Å². The molecule has 0 rings (SSSR count). The van der Waals surface area contributed by atoms with Gasteiger partial charge in [0.2, 0.25) is 0 Å². The smallest absolute Gasteiger partial charge is 0.787 e. The van der Waals surface area contributed by atoms with Crippen molar-refractivity contribution >= 4 is 59.3 Å². The van der Waals surface area contributed by atoms with Crippen LogP contribution in [0, 0.1) is 0 Å². The molecule has 11 heavy (non-hydrogen) atoms. The van der Waals surface area contributed by atoms with E-state index in [0.29, 0.717) is 0 Å². The summed E-state index contributed by atoms with van der Waals surface area (Å²) in [6, 6.07) is 0. The predicted molar refractivity (Wildman–Crippen MR) is 52.7 cm³/mol. The second-order valence-electron chi connectivity index (χ2n) is 0.790. The summed E-state index contributed by atoms with van der Waals surface area (Å²) in [4.78, 5) is 0. The van der Waals surface area contributed by atoms with Gasteiger partial charge in [-0.3, -0.25) is 0 Å². The van der Waals surface area contributed by atoms with E-state index in [9.17, 15) is 0 Å². The van der Waals surface area contributed by atoms with Gasteiger partial charge in [0.1, 0.15) is 0 Å². The first-order chi connectivity index (χ1) is 4.54. The minimum Gasteiger partial charge on any atom is -0.787 e. The molecule has 0 spiro atoms. The summed E-state index contributed by atoms with van der Waals surface area (Å²) in [6.07, 6.45) is 0. The van der Waals surface area contributed by atoms with Crippen LogP contribution in [0.25, 0.3) is 0 Å². The van der Waals surface area contributed by atoms with Gasteiger partial charge in [0.05, 0.1) is 0 Å². The van der Waals surface area contributed by atoms with Crippen LogP contribution in [0.1, 0.15) is 0 Å². The average Bonchev–Trinajstić information content (AvgIpc) is 1.89. The standard InChI is InChI=1S/2CH4N2S2.Pt/c2*2-3-1(4)5;/h2*2H2,(H2,3,4,5);/q;;+4/p-4. The Morgan fingerprint density at radius 1 is 0.818 bits per heavy atom. The monoisotopic (exact) mass is 407 g/mol. The third-order valence-electron chi connectivity index (χ3n) is 0.211. The van der Waals surface area contributed by atoms with Crippen molar-refractivity contribution in [1.29, 1.82) is 0 Å². The minimum absolute atomic E-state index is 0. The molecule has 0 atom stereocenters. The molecular formula is C2H4N4PtS4. The molecule has 0 aromatic rings. The van der Waals surface area contributed by atoms with Gasteiger partial charge in [0.15, 0.2) is 0 Å². The number of nitrogens with two attached hydrogens (primary N) is 2. The summed E-state index contributed by atoms with van der Waals surface area (Å²) in [5, 5.41) is 5.87. The number of hydrogen-bond acceptors (Lipinski definition) is 8. The van der Waals surface area contributed by atoms with Crippen LogP contribution in [0.5, 0.6) is 0 Å². The summed E-state index contributed by atoms with van der Waals surface area (Å²) in [5.41, 5.74) is 0. The maximum Gasteiger partial charge on any atom is 4.00 e. The van der Waals surface area contributed by atoms with Crippen molar-refractivity contribution < 1.29 is 21.1 Å². The summed E-state index contributed by atoms with van der Waals surface area (Å²) < 4.78 is 0.148. The van der Waals surface area contributed by atoms with Crippen LogP contribution in [0.3, 0.4) is 0 Å². The zero-order valence-electron chi connectivity index (χ0n) is 5.00. The maximum atomic E-state index is 4.55. The second kappa shape index (κ2) is 13.1. The van der Waals surface area contributed by atoms with Crippen molar-refractivity contribution in [2.45, 2.75) is 0 Å². The third-order valence-corrected chi connectivity index (χ3v) is 0.632. The third kappa shape index (κ3) is 37.4. The molecule has 4 nitrogen and oxygen atoms in total. The van der Waals surface area contributed by atoms with Crippen LogP contribution in [-0.4, -0.2) is 8.75 Å². The van der Waals surface area contributed by atoms with Gasteiger partial charge < -0.3 is 62.2 Å². The summed E-state index contributed by atoms with van der Waals surface area (Å²) in [5.74, 6) is 9.10. The Morgan fingerprint density at radius 3 is 0.909 bits per heavy atom. The molecule has 0 radical (unpaired) electrons. The first-order valence-corrected chi connectivity index (χ1v) is 3.41. The van der Waals surface area contributed by atoms with Gasteiger partial charge in [-0.1, -0.05) is 0 Å². The van der Waals surface area contributed by atoms with E-state index < -0.39 is 0 Å². The fourth-order valence-electron chi connectivity index (χ4n) is 0. The van der Waals surface area contributed by atoms with Crippen molar-refractivity contribution in [2.24, 2.45) is 21.9 Å². The summed E-state index contributed by atoms with van der Waals surface area (Å²) in [6.45, 7) is 0. The zero-order valence-corrected chi connectivity index (χ0v) is 10.5. The Morgan fingerprint density at radius 2 is 0.909 bits per heavy atom. The van der Waals surface area contributed by atoms with Crippen LogP contribution >= 0.6 is 0 Å². The fourth-order valence-corrected chi connectivity index (χ4v) is 0. The van der Waals surface area contributed by atoms with Crippen LogP contribution < -0.4 is 11.7 Å². The number of rotatable bonds is 0. The predicted octanol–water partition coefficient (Wildman–Crippen LogP) is -1.38. The average molecular weight is 407 g/mol.